The molecular formula is C11H22Cl3N. The lowest BCUT2D eigenvalue weighted by Gasteiger charge is -2.31. The third kappa shape index (κ3) is 6.88. The van der Waals surface area contributed by atoms with Crippen molar-refractivity contribution in [3.8, 4) is 0 Å². The molecule has 0 unspecified atom stereocenters. The monoisotopic (exact) mass is 273 g/mol. The summed E-state index contributed by atoms with van der Waals surface area (Å²) in [4.78, 5) is 2.54. The van der Waals surface area contributed by atoms with Crippen LogP contribution in [0.25, 0.3) is 0 Å². The normalized spacial score (nSPS) is 18.8. The van der Waals surface area contributed by atoms with Crippen molar-refractivity contribution in [1.82, 2.24) is 4.90 Å². The van der Waals surface area contributed by atoms with Gasteiger partial charge in [0, 0.05) is 11.8 Å². The SMILES string of the molecule is Cl.ClCCCC1CCN(CCCCl)CC1. The van der Waals surface area contributed by atoms with Crippen LogP contribution in [0.5, 0.6) is 0 Å². The van der Waals surface area contributed by atoms with E-state index in [0.29, 0.717) is 0 Å². The Labute approximate surface area is 110 Å². The number of alkyl halides is 2. The molecule has 0 radical (unpaired) electrons. The largest absolute Gasteiger partial charge is 0.303 e. The van der Waals surface area contributed by atoms with Crippen LogP contribution in [-0.2, 0) is 0 Å². The van der Waals surface area contributed by atoms with Crippen LogP contribution in [0.1, 0.15) is 32.1 Å². The first-order valence-corrected chi connectivity index (χ1v) is 6.78. The Balaban J connectivity index is 0.00000196. The molecule has 1 rings (SSSR count). The smallest absolute Gasteiger partial charge is 0.0235 e. The molecule has 15 heavy (non-hydrogen) atoms. The van der Waals surface area contributed by atoms with E-state index in [1.165, 1.54) is 45.3 Å². The van der Waals surface area contributed by atoms with Crippen LogP contribution < -0.4 is 0 Å². The van der Waals surface area contributed by atoms with E-state index in [1.807, 2.05) is 0 Å². The number of rotatable bonds is 6. The van der Waals surface area contributed by atoms with Crippen molar-refractivity contribution in [2.75, 3.05) is 31.4 Å². The number of hydrogen-bond donors (Lipinski definition) is 0. The molecule has 0 aliphatic carbocycles. The van der Waals surface area contributed by atoms with Gasteiger partial charge < -0.3 is 4.90 Å². The van der Waals surface area contributed by atoms with Crippen LogP contribution in [0.4, 0.5) is 0 Å². The van der Waals surface area contributed by atoms with Gasteiger partial charge in [0.2, 0.25) is 0 Å². The molecule has 0 saturated carbocycles. The molecule has 1 heterocycles. The zero-order valence-corrected chi connectivity index (χ0v) is 11.6. The fourth-order valence-electron chi connectivity index (χ4n) is 2.15. The molecule has 0 aromatic heterocycles. The Morgan fingerprint density at radius 3 is 2.13 bits per heavy atom. The van der Waals surface area contributed by atoms with E-state index < -0.39 is 0 Å². The van der Waals surface area contributed by atoms with Crippen molar-refractivity contribution in [2.45, 2.75) is 32.1 Å². The molecule has 1 aliphatic heterocycles. The average Bonchev–Trinajstić information content (AvgIpc) is 2.25. The zero-order valence-electron chi connectivity index (χ0n) is 9.26. The van der Waals surface area contributed by atoms with Crippen molar-refractivity contribution in [3.63, 3.8) is 0 Å². The Morgan fingerprint density at radius 1 is 1.00 bits per heavy atom. The third-order valence-electron chi connectivity index (χ3n) is 3.06. The van der Waals surface area contributed by atoms with Gasteiger partial charge in [-0.3, -0.25) is 0 Å². The molecule has 92 valence electrons. The second-order valence-electron chi connectivity index (χ2n) is 4.16. The number of halogens is 3. The van der Waals surface area contributed by atoms with Gasteiger partial charge in [-0.1, -0.05) is 0 Å². The maximum atomic E-state index is 5.69. The molecule has 1 fully saturated rings. The fourth-order valence-corrected chi connectivity index (χ4v) is 2.42. The van der Waals surface area contributed by atoms with Crippen LogP contribution in [-0.4, -0.2) is 36.3 Å². The summed E-state index contributed by atoms with van der Waals surface area (Å²) >= 11 is 11.4. The van der Waals surface area contributed by atoms with Gasteiger partial charge in [-0.2, -0.15) is 0 Å². The summed E-state index contributed by atoms with van der Waals surface area (Å²) in [5.74, 6) is 2.56. The zero-order chi connectivity index (χ0) is 10.2. The molecule has 0 amide bonds. The van der Waals surface area contributed by atoms with E-state index in [0.717, 1.165) is 24.1 Å². The first-order valence-electron chi connectivity index (χ1n) is 5.71. The minimum absolute atomic E-state index is 0. The second kappa shape index (κ2) is 10.0. The molecule has 1 aliphatic rings. The topological polar surface area (TPSA) is 3.24 Å². The predicted molar refractivity (Wildman–Crippen MR) is 71.7 cm³/mol. The summed E-state index contributed by atoms with van der Waals surface area (Å²) in [7, 11) is 0. The van der Waals surface area contributed by atoms with Crippen molar-refractivity contribution >= 4 is 35.6 Å². The Morgan fingerprint density at radius 2 is 1.60 bits per heavy atom. The molecule has 1 saturated heterocycles. The maximum absolute atomic E-state index is 5.69. The van der Waals surface area contributed by atoms with Gasteiger partial charge in [0.25, 0.3) is 0 Å². The second-order valence-corrected chi connectivity index (χ2v) is 4.91. The number of nitrogens with zero attached hydrogens (tertiary/aromatic N) is 1. The molecule has 0 aromatic carbocycles. The molecule has 1 nitrogen and oxygen atoms in total. The van der Waals surface area contributed by atoms with Gasteiger partial charge in [-0.05, 0) is 57.7 Å². The van der Waals surface area contributed by atoms with Crippen molar-refractivity contribution in [2.24, 2.45) is 5.92 Å². The molecule has 0 bridgehead atoms. The van der Waals surface area contributed by atoms with E-state index in [9.17, 15) is 0 Å². The Bertz CT molecular complexity index is 120. The van der Waals surface area contributed by atoms with Gasteiger partial charge in [-0.25, -0.2) is 0 Å². The Hall–Kier alpha value is 0.830. The first kappa shape index (κ1) is 15.8. The van der Waals surface area contributed by atoms with Gasteiger partial charge in [-0.15, -0.1) is 35.6 Å². The summed E-state index contributed by atoms with van der Waals surface area (Å²) < 4.78 is 0. The number of likely N-dealkylation sites (tertiary alicyclic amines) is 1. The van der Waals surface area contributed by atoms with E-state index in [4.69, 9.17) is 23.2 Å². The van der Waals surface area contributed by atoms with Crippen molar-refractivity contribution < 1.29 is 0 Å². The third-order valence-corrected chi connectivity index (χ3v) is 3.60. The van der Waals surface area contributed by atoms with E-state index in [2.05, 4.69) is 4.90 Å². The lowest BCUT2D eigenvalue weighted by atomic mass is 9.92. The van der Waals surface area contributed by atoms with Crippen LogP contribution in [0.2, 0.25) is 0 Å². The molecule has 0 atom stereocenters. The Kier molecular flexibility index (Phi) is 10.6. The van der Waals surface area contributed by atoms with E-state index in [1.54, 1.807) is 0 Å². The average molecular weight is 275 g/mol. The highest BCUT2D eigenvalue weighted by Gasteiger charge is 2.17. The predicted octanol–water partition coefficient (Wildman–Crippen LogP) is 3.77. The molecule has 0 aromatic rings. The van der Waals surface area contributed by atoms with E-state index in [-0.39, 0.29) is 12.4 Å². The summed E-state index contributed by atoms with van der Waals surface area (Å²) in [5.41, 5.74) is 0. The standard InChI is InChI=1S/C11H21Cl2N.ClH/c12-6-1-3-11-4-9-14(10-5-11)8-2-7-13;/h11H,1-10H2;1H. The lowest BCUT2D eigenvalue weighted by molar-refractivity contribution is 0.179. The minimum Gasteiger partial charge on any atom is -0.303 e. The molecule has 0 spiro atoms. The summed E-state index contributed by atoms with van der Waals surface area (Å²) in [6.45, 7) is 3.72. The molecular weight excluding hydrogens is 252 g/mol. The summed E-state index contributed by atoms with van der Waals surface area (Å²) in [5, 5.41) is 0. The fraction of sp³-hybridized carbons (Fsp3) is 1.00. The quantitative estimate of drug-likeness (QED) is 0.667. The summed E-state index contributed by atoms with van der Waals surface area (Å²) in [6.07, 6.45) is 6.37. The van der Waals surface area contributed by atoms with Crippen LogP contribution in [0.3, 0.4) is 0 Å². The van der Waals surface area contributed by atoms with Crippen molar-refractivity contribution in [1.29, 1.82) is 0 Å². The maximum Gasteiger partial charge on any atom is 0.0235 e. The van der Waals surface area contributed by atoms with Crippen LogP contribution in [0, 0.1) is 5.92 Å². The van der Waals surface area contributed by atoms with Crippen molar-refractivity contribution in [3.05, 3.63) is 0 Å². The first-order chi connectivity index (χ1) is 6.86. The van der Waals surface area contributed by atoms with E-state index >= 15 is 0 Å². The number of hydrogen-bond acceptors (Lipinski definition) is 1. The lowest BCUT2D eigenvalue weighted by Crippen LogP contribution is -2.34. The van der Waals surface area contributed by atoms with Crippen LogP contribution in [0.15, 0.2) is 0 Å². The highest BCUT2D eigenvalue weighted by Crippen LogP contribution is 2.21. The molecule has 0 N–H and O–H groups in total. The number of piperidine rings is 1. The van der Waals surface area contributed by atoms with Crippen LogP contribution >= 0.6 is 35.6 Å². The summed E-state index contributed by atoms with van der Waals surface area (Å²) in [6, 6.07) is 0. The van der Waals surface area contributed by atoms with Gasteiger partial charge >= 0.3 is 0 Å². The van der Waals surface area contributed by atoms with Gasteiger partial charge in [0.05, 0.1) is 0 Å². The molecule has 4 heteroatoms. The van der Waals surface area contributed by atoms with Gasteiger partial charge in [0.1, 0.15) is 0 Å². The highest BCUT2D eigenvalue weighted by molar-refractivity contribution is 6.18. The highest BCUT2D eigenvalue weighted by atomic mass is 35.5. The minimum atomic E-state index is 0. The van der Waals surface area contributed by atoms with Gasteiger partial charge in [0.15, 0.2) is 0 Å².